The molecule has 1 saturated carbocycles. The van der Waals surface area contributed by atoms with Crippen LogP contribution < -0.4 is 5.32 Å². The minimum Gasteiger partial charge on any atom is -0.383 e. The molecule has 1 N–H and O–H groups in total. The van der Waals surface area contributed by atoms with Gasteiger partial charge in [-0.05, 0) is 44.2 Å². The second-order valence-corrected chi connectivity index (χ2v) is 6.40. The van der Waals surface area contributed by atoms with E-state index >= 15 is 0 Å². The van der Waals surface area contributed by atoms with Gasteiger partial charge in [0.25, 0.3) is 0 Å². The van der Waals surface area contributed by atoms with Crippen LogP contribution in [0.15, 0.2) is 0 Å². The summed E-state index contributed by atoms with van der Waals surface area (Å²) in [6.45, 7) is 7.90. The van der Waals surface area contributed by atoms with Crippen LogP contribution in [-0.2, 0) is 4.74 Å². The molecule has 112 valence electrons. The van der Waals surface area contributed by atoms with Crippen molar-refractivity contribution in [2.45, 2.75) is 51.5 Å². The zero-order valence-electron chi connectivity index (χ0n) is 12.9. The maximum Gasteiger partial charge on any atom is 0.0630 e. The maximum absolute atomic E-state index is 5.44. The number of nitrogens with zero attached hydrogens (tertiary/aromatic N) is 1. The third kappa shape index (κ3) is 4.44. The van der Waals surface area contributed by atoms with Gasteiger partial charge in [-0.3, -0.25) is 4.90 Å². The van der Waals surface area contributed by atoms with Crippen LogP contribution >= 0.6 is 0 Å². The predicted molar refractivity (Wildman–Crippen MR) is 80.5 cm³/mol. The van der Waals surface area contributed by atoms with Gasteiger partial charge in [-0.1, -0.05) is 26.2 Å². The molecule has 0 bridgehead atoms. The van der Waals surface area contributed by atoms with Crippen molar-refractivity contribution in [1.29, 1.82) is 0 Å². The quantitative estimate of drug-likeness (QED) is 0.718. The number of piperidine rings is 1. The van der Waals surface area contributed by atoms with Crippen LogP contribution in [0.3, 0.4) is 0 Å². The first kappa shape index (κ1) is 15.3. The van der Waals surface area contributed by atoms with E-state index in [0.717, 1.165) is 31.5 Å². The van der Waals surface area contributed by atoms with Crippen LogP contribution in [0.5, 0.6) is 0 Å². The first-order valence-corrected chi connectivity index (χ1v) is 8.28. The van der Waals surface area contributed by atoms with Gasteiger partial charge in [-0.2, -0.15) is 0 Å². The molecule has 2 rings (SSSR count). The Hall–Kier alpha value is -0.120. The predicted octanol–water partition coefficient (Wildman–Crippen LogP) is 2.51. The van der Waals surface area contributed by atoms with E-state index in [-0.39, 0.29) is 0 Å². The molecule has 1 heterocycles. The van der Waals surface area contributed by atoms with Crippen molar-refractivity contribution < 1.29 is 4.74 Å². The molecule has 0 spiro atoms. The molecular formula is C16H32N2O. The number of hydrogen-bond donors (Lipinski definition) is 1. The Morgan fingerprint density at radius 2 is 2.00 bits per heavy atom. The summed E-state index contributed by atoms with van der Waals surface area (Å²) in [5.41, 5.74) is 0. The van der Waals surface area contributed by atoms with E-state index in [1.54, 1.807) is 0 Å². The summed E-state index contributed by atoms with van der Waals surface area (Å²) < 4.78 is 5.44. The molecule has 0 amide bonds. The van der Waals surface area contributed by atoms with Crippen molar-refractivity contribution in [2.24, 2.45) is 11.8 Å². The van der Waals surface area contributed by atoms with Crippen LogP contribution in [0, 0.1) is 11.8 Å². The monoisotopic (exact) mass is 268 g/mol. The van der Waals surface area contributed by atoms with Crippen LogP contribution in [0.4, 0.5) is 0 Å². The fraction of sp³-hybridized carbons (Fsp3) is 1.00. The third-order valence-electron chi connectivity index (χ3n) is 5.00. The molecule has 1 aliphatic carbocycles. The number of ether oxygens (including phenoxy) is 1. The van der Waals surface area contributed by atoms with Gasteiger partial charge in [-0.25, -0.2) is 0 Å². The fourth-order valence-corrected chi connectivity index (χ4v) is 3.89. The Morgan fingerprint density at radius 1 is 1.21 bits per heavy atom. The second-order valence-electron chi connectivity index (χ2n) is 6.40. The molecule has 0 radical (unpaired) electrons. The highest BCUT2D eigenvalue weighted by Crippen LogP contribution is 2.36. The van der Waals surface area contributed by atoms with Crippen molar-refractivity contribution in [1.82, 2.24) is 10.2 Å². The highest BCUT2D eigenvalue weighted by atomic mass is 16.5. The fourth-order valence-electron chi connectivity index (χ4n) is 3.89. The summed E-state index contributed by atoms with van der Waals surface area (Å²) in [4.78, 5) is 2.69. The Morgan fingerprint density at radius 3 is 2.74 bits per heavy atom. The highest BCUT2D eigenvalue weighted by Gasteiger charge is 2.33. The van der Waals surface area contributed by atoms with E-state index in [9.17, 15) is 0 Å². The number of rotatable bonds is 7. The van der Waals surface area contributed by atoms with E-state index in [4.69, 9.17) is 4.74 Å². The van der Waals surface area contributed by atoms with Crippen molar-refractivity contribution in [2.75, 3.05) is 39.9 Å². The lowest BCUT2D eigenvalue weighted by atomic mass is 9.75. The molecule has 0 aromatic heterocycles. The van der Waals surface area contributed by atoms with Gasteiger partial charge in [0.05, 0.1) is 6.61 Å². The van der Waals surface area contributed by atoms with Gasteiger partial charge in [0, 0.05) is 26.2 Å². The largest absolute Gasteiger partial charge is 0.383 e. The van der Waals surface area contributed by atoms with Gasteiger partial charge in [-0.15, -0.1) is 0 Å². The molecule has 3 unspecified atom stereocenters. The number of likely N-dealkylation sites (tertiary alicyclic amines) is 1. The summed E-state index contributed by atoms with van der Waals surface area (Å²) in [7, 11) is 1.83. The Kier molecular flexibility index (Phi) is 6.62. The van der Waals surface area contributed by atoms with Crippen LogP contribution in [-0.4, -0.2) is 50.8 Å². The average Bonchev–Trinajstić information content (AvgIpc) is 2.46. The summed E-state index contributed by atoms with van der Waals surface area (Å²) in [6, 6.07) is 0.569. The molecule has 0 aromatic carbocycles. The summed E-state index contributed by atoms with van der Waals surface area (Å²) in [6.07, 6.45) is 8.51. The molecule has 19 heavy (non-hydrogen) atoms. The highest BCUT2D eigenvalue weighted by molar-refractivity contribution is 4.87. The number of hydrogen-bond acceptors (Lipinski definition) is 3. The van der Waals surface area contributed by atoms with Crippen LogP contribution in [0.1, 0.15) is 45.4 Å². The summed E-state index contributed by atoms with van der Waals surface area (Å²) >= 11 is 0. The minimum absolute atomic E-state index is 0.569. The lowest BCUT2D eigenvalue weighted by molar-refractivity contribution is 0.0246. The first-order valence-electron chi connectivity index (χ1n) is 8.28. The number of methoxy groups -OCH3 is 1. The van der Waals surface area contributed by atoms with Gasteiger partial charge >= 0.3 is 0 Å². The van der Waals surface area contributed by atoms with Gasteiger partial charge in [0.1, 0.15) is 0 Å². The molecule has 0 aromatic rings. The molecule has 1 saturated heterocycles. The molecule has 3 heteroatoms. The second kappa shape index (κ2) is 8.23. The summed E-state index contributed by atoms with van der Waals surface area (Å²) in [5, 5.41) is 3.57. The summed E-state index contributed by atoms with van der Waals surface area (Å²) in [5.74, 6) is 1.99. The lowest BCUT2D eigenvalue weighted by Crippen LogP contribution is -2.51. The topological polar surface area (TPSA) is 24.5 Å². The van der Waals surface area contributed by atoms with E-state index < -0.39 is 0 Å². The van der Waals surface area contributed by atoms with Gasteiger partial charge in [0.15, 0.2) is 0 Å². The van der Waals surface area contributed by atoms with Crippen molar-refractivity contribution in [3.05, 3.63) is 0 Å². The van der Waals surface area contributed by atoms with Crippen molar-refractivity contribution in [3.63, 3.8) is 0 Å². The Balaban J connectivity index is 1.82. The first-order chi connectivity index (χ1) is 9.35. The Labute approximate surface area is 119 Å². The minimum atomic E-state index is 0.569. The van der Waals surface area contributed by atoms with E-state index in [0.29, 0.717) is 6.04 Å². The zero-order chi connectivity index (χ0) is 13.5. The van der Waals surface area contributed by atoms with Gasteiger partial charge < -0.3 is 10.1 Å². The van der Waals surface area contributed by atoms with Crippen LogP contribution in [0.25, 0.3) is 0 Å². The standard InChI is InChI=1S/C16H32N2O/c1-3-9-17-11-16(13-19-2)18-10-8-14-6-4-5-7-15(14)12-18/h14-17H,3-13H2,1-2H3. The van der Waals surface area contributed by atoms with Crippen molar-refractivity contribution in [3.8, 4) is 0 Å². The lowest BCUT2D eigenvalue weighted by Gasteiger charge is -2.44. The maximum atomic E-state index is 5.44. The molecule has 3 nitrogen and oxygen atoms in total. The zero-order valence-corrected chi connectivity index (χ0v) is 12.9. The van der Waals surface area contributed by atoms with Gasteiger partial charge in [0.2, 0.25) is 0 Å². The van der Waals surface area contributed by atoms with Crippen LogP contribution in [0.2, 0.25) is 0 Å². The molecular weight excluding hydrogens is 236 g/mol. The molecule has 2 aliphatic rings. The number of fused-ring (bicyclic) bond motifs is 1. The Bertz CT molecular complexity index is 247. The smallest absolute Gasteiger partial charge is 0.0630 e. The van der Waals surface area contributed by atoms with Crippen molar-refractivity contribution >= 4 is 0 Å². The average molecular weight is 268 g/mol. The molecule has 2 fully saturated rings. The molecule has 1 aliphatic heterocycles. The normalized spacial score (nSPS) is 30.0. The van der Waals surface area contributed by atoms with E-state index in [1.807, 2.05) is 7.11 Å². The van der Waals surface area contributed by atoms with E-state index in [2.05, 4.69) is 17.1 Å². The SMILES string of the molecule is CCCNCC(COC)N1CCC2CCCCC2C1. The van der Waals surface area contributed by atoms with E-state index in [1.165, 1.54) is 51.6 Å². The third-order valence-corrected chi connectivity index (χ3v) is 5.00. The molecule has 3 atom stereocenters. The number of nitrogens with one attached hydrogen (secondary N) is 1.